The average Bonchev–Trinajstić information content (AvgIpc) is 2.84. The van der Waals surface area contributed by atoms with Crippen molar-refractivity contribution in [2.45, 2.75) is 39.7 Å². The van der Waals surface area contributed by atoms with Crippen molar-refractivity contribution in [2.24, 2.45) is 5.41 Å². The predicted molar refractivity (Wildman–Crippen MR) is 87.4 cm³/mol. The third kappa shape index (κ3) is 3.36. The van der Waals surface area contributed by atoms with Gasteiger partial charge < -0.3 is 9.67 Å². The standard InChI is InChI=1S/C17H17ClF2N2O2/c1-17(2,3)7-13(16(23)24)22-11-5-4-9(8-21)14(18)10(11)6-12(22)15(19)20/h4-6,13,15H,7H2,1-3H3,(H,23,24). The summed E-state index contributed by atoms with van der Waals surface area (Å²) in [5, 5.41) is 18.9. The number of rotatable bonds is 4. The van der Waals surface area contributed by atoms with Gasteiger partial charge in [-0.15, -0.1) is 0 Å². The Balaban J connectivity index is 2.79. The van der Waals surface area contributed by atoms with E-state index in [9.17, 15) is 18.7 Å². The molecule has 0 aliphatic heterocycles. The SMILES string of the molecule is CC(C)(C)CC(C(=O)O)n1c(C(F)F)cc2c(Cl)c(C#N)ccc21. The van der Waals surface area contributed by atoms with E-state index in [1.165, 1.54) is 18.2 Å². The van der Waals surface area contributed by atoms with Gasteiger partial charge in [0.25, 0.3) is 6.43 Å². The molecule has 0 bridgehead atoms. The van der Waals surface area contributed by atoms with Crippen molar-refractivity contribution >= 4 is 28.5 Å². The van der Waals surface area contributed by atoms with Crippen LogP contribution in [-0.4, -0.2) is 15.6 Å². The molecule has 0 amide bonds. The molecule has 0 spiro atoms. The number of benzene rings is 1. The second kappa shape index (κ2) is 6.40. The summed E-state index contributed by atoms with van der Waals surface area (Å²) >= 11 is 6.12. The van der Waals surface area contributed by atoms with Crippen molar-refractivity contribution in [1.29, 1.82) is 5.26 Å². The van der Waals surface area contributed by atoms with Crippen LogP contribution in [0.2, 0.25) is 5.02 Å². The lowest BCUT2D eigenvalue weighted by Gasteiger charge is -2.26. The minimum atomic E-state index is -2.86. The van der Waals surface area contributed by atoms with E-state index in [2.05, 4.69) is 0 Å². The molecule has 0 fully saturated rings. The number of aliphatic carboxylic acids is 1. The maximum atomic E-state index is 13.5. The van der Waals surface area contributed by atoms with Crippen LogP contribution in [0.4, 0.5) is 8.78 Å². The van der Waals surface area contributed by atoms with E-state index in [0.717, 1.165) is 4.57 Å². The molecule has 1 atom stereocenters. The molecular formula is C17H17ClF2N2O2. The zero-order valence-electron chi connectivity index (χ0n) is 13.5. The largest absolute Gasteiger partial charge is 0.480 e. The van der Waals surface area contributed by atoms with E-state index in [1.54, 1.807) is 0 Å². The zero-order valence-corrected chi connectivity index (χ0v) is 14.2. The van der Waals surface area contributed by atoms with E-state index in [1.807, 2.05) is 26.8 Å². The molecule has 1 aromatic heterocycles. The quantitative estimate of drug-likeness (QED) is 0.824. The number of hydrogen-bond donors (Lipinski definition) is 1. The number of carboxylic acids is 1. The summed E-state index contributed by atoms with van der Waals surface area (Å²) < 4.78 is 28.2. The van der Waals surface area contributed by atoms with Crippen LogP contribution in [0.3, 0.4) is 0 Å². The first-order chi connectivity index (χ1) is 11.1. The molecule has 4 nitrogen and oxygen atoms in total. The van der Waals surface area contributed by atoms with Crippen LogP contribution in [0.15, 0.2) is 18.2 Å². The number of aromatic nitrogens is 1. The first-order valence-electron chi connectivity index (χ1n) is 7.31. The molecule has 0 aliphatic carbocycles. The summed E-state index contributed by atoms with van der Waals surface area (Å²) in [6.45, 7) is 5.53. The van der Waals surface area contributed by atoms with Crippen LogP contribution in [-0.2, 0) is 4.79 Å². The van der Waals surface area contributed by atoms with Crippen molar-refractivity contribution in [2.75, 3.05) is 0 Å². The van der Waals surface area contributed by atoms with Crippen molar-refractivity contribution in [1.82, 2.24) is 4.57 Å². The van der Waals surface area contributed by atoms with Gasteiger partial charge in [0, 0.05) is 5.39 Å². The van der Waals surface area contributed by atoms with E-state index >= 15 is 0 Å². The summed E-state index contributed by atoms with van der Waals surface area (Å²) in [4.78, 5) is 11.8. The molecule has 24 heavy (non-hydrogen) atoms. The molecule has 2 aromatic rings. The van der Waals surface area contributed by atoms with Gasteiger partial charge in [-0.2, -0.15) is 5.26 Å². The summed E-state index contributed by atoms with van der Waals surface area (Å²) in [6.07, 6.45) is -2.69. The number of carbonyl (C=O) groups is 1. The molecular weight excluding hydrogens is 338 g/mol. The number of halogens is 3. The van der Waals surface area contributed by atoms with Crippen LogP contribution in [0, 0.1) is 16.7 Å². The Morgan fingerprint density at radius 3 is 2.50 bits per heavy atom. The van der Waals surface area contributed by atoms with Crippen LogP contribution in [0.5, 0.6) is 0 Å². The van der Waals surface area contributed by atoms with Gasteiger partial charge in [0.1, 0.15) is 12.1 Å². The van der Waals surface area contributed by atoms with E-state index in [4.69, 9.17) is 16.9 Å². The Kier molecular flexibility index (Phi) is 4.86. The Morgan fingerprint density at radius 2 is 2.04 bits per heavy atom. The molecule has 0 saturated carbocycles. The van der Waals surface area contributed by atoms with Crippen molar-refractivity contribution in [3.8, 4) is 6.07 Å². The van der Waals surface area contributed by atoms with Crippen LogP contribution in [0.25, 0.3) is 10.9 Å². The first kappa shape index (κ1) is 18.2. The molecule has 0 saturated heterocycles. The smallest absolute Gasteiger partial charge is 0.326 e. The van der Waals surface area contributed by atoms with Crippen LogP contribution in [0.1, 0.15) is 50.9 Å². The third-order valence-electron chi connectivity index (χ3n) is 3.73. The molecule has 1 N–H and O–H groups in total. The number of hydrogen-bond acceptors (Lipinski definition) is 2. The Labute approximate surface area is 143 Å². The fourth-order valence-corrected chi connectivity index (χ4v) is 3.01. The lowest BCUT2D eigenvalue weighted by atomic mass is 9.88. The maximum Gasteiger partial charge on any atom is 0.326 e. The summed E-state index contributed by atoms with van der Waals surface area (Å²) in [5.74, 6) is -1.19. The van der Waals surface area contributed by atoms with E-state index in [-0.39, 0.29) is 33.3 Å². The molecule has 2 rings (SSSR count). The number of carboxylic acid groups (broad SMARTS) is 1. The third-order valence-corrected chi connectivity index (χ3v) is 4.14. The molecule has 0 aliphatic rings. The molecule has 7 heteroatoms. The van der Waals surface area contributed by atoms with Gasteiger partial charge in [-0.1, -0.05) is 32.4 Å². The van der Waals surface area contributed by atoms with Crippen molar-refractivity contribution in [3.63, 3.8) is 0 Å². The van der Waals surface area contributed by atoms with Gasteiger partial charge in [0.15, 0.2) is 0 Å². The number of nitriles is 1. The Hall–Kier alpha value is -2.13. The maximum absolute atomic E-state index is 13.5. The zero-order chi connectivity index (χ0) is 18.2. The normalized spacial score (nSPS) is 13.2. The number of alkyl halides is 2. The van der Waals surface area contributed by atoms with E-state index < -0.39 is 24.1 Å². The number of fused-ring (bicyclic) bond motifs is 1. The first-order valence-corrected chi connectivity index (χ1v) is 7.69. The lowest BCUT2D eigenvalue weighted by molar-refractivity contribution is -0.141. The molecule has 1 aromatic carbocycles. The highest BCUT2D eigenvalue weighted by atomic mass is 35.5. The fourth-order valence-electron chi connectivity index (χ4n) is 2.76. The minimum Gasteiger partial charge on any atom is -0.480 e. The topological polar surface area (TPSA) is 66.0 Å². The van der Waals surface area contributed by atoms with Gasteiger partial charge >= 0.3 is 5.97 Å². The molecule has 1 unspecified atom stereocenters. The Bertz CT molecular complexity index is 832. The Morgan fingerprint density at radius 1 is 1.42 bits per heavy atom. The van der Waals surface area contributed by atoms with Gasteiger partial charge in [0.2, 0.25) is 0 Å². The lowest BCUT2D eigenvalue weighted by Crippen LogP contribution is -2.25. The summed E-state index contributed by atoms with van der Waals surface area (Å²) in [7, 11) is 0. The van der Waals surface area contributed by atoms with Crippen LogP contribution >= 0.6 is 11.6 Å². The predicted octanol–water partition coefficient (Wildman–Crippen LogP) is 5.17. The summed E-state index contributed by atoms with van der Waals surface area (Å²) in [6, 6.07) is 4.77. The highest BCUT2D eigenvalue weighted by Gasteiger charge is 2.31. The minimum absolute atomic E-state index is 0.0514. The second-order valence-corrected chi connectivity index (χ2v) is 7.21. The summed E-state index contributed by atoms with van der Waals surface area (Å²) in [5.41, 5.74) is -0.357. The average molecular weight is 355 g/mol. The van der Waals surface area contributed by atoms with Gasteiger partial charge in [-0.3, -0.25) is 0 Å². The second-order valence-electron chi connectivity index (χ2n) is 6.83. The van der Waals surface area contributed by atoms with Gasteiger partial charge in [0.05, 0.1) is 21.8 Å². The molecule has 1 heterocycles. The highest BCUT2D eigenvalue weighted by Crippen LogP contribution is 2.38. The van der Waals surface area contributed by atoms with Gasteiger partial charge in [-0.25, -0.2) is 13.6 Å². The fraction of sp³-hybridized carbons (Fsp3) is 0.412. The van der Waals surface area contributed by atoms with Crippen LogP contribution < -0.4 is 0 Å². The van der Waals surface area contributed by atoms with E-state index in [0.29, 0.717) is 0 Å². The number of nitrogens with zero attached hydrogens (tertiary/aromatic N) is 2. The van der Waals surface area contributed by atoms with Gasteiger partial charge in [-0.05, 0) is 30.0 Å². The van der Waals surface area contributed by atoms with Crippen molar-refractivity contribution in [3.05, 3.63) is 34.5 Å². The monoisotopic (exact) mass is 354 g/mol. The highest BCUT2D eigenvalue weighted by molar-refractivity contribution is 6.36. The molecule has 128 valence electrons. The van der Waals surface area contributed by atoms with Crippen molar-refractivity contribution < 1.29 is 18.7 Å². The molecule has 0 radical (unpaired) electrons.